The lowest BCUT2D eigenvalue weighted by atomic mass is 9.77. The van der Waals surface area contributed by atoms with E-state index in [1.807, 2.05) is 34.2 Å². The third kappa shape index (κ3) is 4.11. The Morgan fingerprint density at radius 1 is 1.18 bits per heavy atom. The first kappa shape index (κ1) is 18.7. The monoisotopic (exact) mass is 383 g/mol. The fourth-order valence-electron chi connectivity index (χ4n) is 4.47. The number of aryl methyl sites for hydroxylation is 1. The van der Waals surface area contributed by atoms with Crippen molar-refractivity contribution in [3.8, 4) is 0 Å². The summed E-state index contributed by atoms with van der Waals surface area (Å²) in [4.78, 5) is 31.9. The van der Waals surface area contributed by atoms with Crippen LogP contribution in [-0.2, 0) is 22.6 Å². The molecule has 1 spiro atoms. The molecule has 1 N–H and O–H groups in total. The minimum absolute atomic E-state index is 0.0410. The zero-order valence-corrected chi connectivity index (χ0v) is 16.0. The summed E-state index contributed by atoms with van der Waals surface area (Å²) in [5.41, 5.74) is 1.86. The summed E-state index contributed by atoms with van der Waals surface area (Å²) in [6.07, 6.45) is 5.36. The largest absolute Gasteiger partial charge is 0.365 e. The summed E-state index contributed by atoms with van der Waals surface area (Å²) in [6, 6.07) is 10.4. The van der Waals surface area contributed by atoms with Crippen LogP contribution >= 0.6 is 0 Å². The first-order valence-corrected chi connectivity index (χ1v) is 9.95. The number of nitrogens with zero attached hydrogens (tertiary/aromatic N) is 2. The Bertz CT molecular complexity index is 841. The highest BCUT2D eigenvalue weighted by Gasteiger charge is 2.45. The lowest BCUT2D eigenvalue weighted by Crippen LogP contribution is -2.44. The quantitative estimate of drug-likeness (QED) is 0.862. The number of rotatable bonds is 5. The van der Waals surface area contributed by atoms with Gasteiger partial charge in [0.1, 0.15) is 5.82 Å². The molecule has 2 amide bonds. The predicted molar refractivity (Wildman–Crippen MR) is 104 cm³/mol. The second kappa shape index (κ2) is 7.78. The van der Waals surface area contributed by atoms with Gasteiger partial charge in [-0.1, -0.05) is 12.1 Å². The minimum Gasteiger partial charge on any atom is -0.365 e. The fourth-order valence-corrected chi connectivity index (χ4v) is 4.47. The molecule has 5 nitrogen and oxygen atoms in total. The Morgan fingerprint density at radius 3 is 2.71 bits per heavy atom. The number of carbonyl (C=O) groups is 2. The highest BCUT2D eigenvalue weighted by molar-refractivity contribution is 5.80. The smallest absolute Gasteiger partial charge is 0.223 e. The van der Waals surface area contributed by atoms with E-state index in [1.54, 1.807) is 6.07 Å². The van der Waals surface area contributed by atoms with E-state index in [1.165, 1.54) is 12.1 Å². The van der Waals surface area contributed by atoms with Gasteiger partial charge >= 0.3 is 0 Å². The Kier molecular flexibility index (Phi) is 5.20. The van der Waals surface area contributed by atoms with Gasteiger partial charge in [-0.3, -0.25) is 9.59 Å². The van der Waals surface area contributed by atoms with E-state index in [-0.39, 0.29) is 23.0 Å². The fraction of sp³-hybridized carbons (Fsp3) is 0.455. The van der Waals surface area contributed by atoms with Gasteiger partial charge in [0.25, 0.3) is 0 Å². The van der Waals surface area contributed by atoms with Crippen molar-refractivity contribution in [1.29, 1.82) is 0 Å². The van der Waals surface area contributed by atoms with Gasteiger partial charge in [-0.15, -0.1) is 0 Å². The van der Waals surface area contributed by atoms with Crippen molar-refractivity contribution in [3.05, 3.63) is 59.7 Å². The van der Waals surface area contributed by atoms with E-state index in [9.17, 15) is 14.0 Å². The number of amides is 2. The predicted octanol–water partition coefficient (Wildman–Crippen LogP) is 3.13. The summed E-state index contributed by atoms with van der Waals surface area (Å²) in [5, 5.41) is 0. The summed E-state index contributed by atoms with van der Waals surface area (Å²) in [7, 11) is 0. The molecule has 2 fully saturated rings. The summed E-state index contributed by atoms with van der Waals surface area (Å²) < 4.78 is 13.4. The molecule has 2 saturated heterocycles. The maximum absolute atomic E-state index is 13.4. The molecule has 2 aliphatic rings. The number of aromatic amines is 1. The standard InChI is InChI=1S/C22H26FN3O2/c23-18-4-1-3-17(13-18)15-26-16-22(14-21(26)28)8-11-25(12-9-22)20(27)7-6-19-5-2-10-24-19/h1-5,10,13,24H,6-9,11-12,14-16H2. The lowest BCUT2D eigenvalue weighted by Gasteiger charge is -2.39. The zero-order valence-electron chi connectivity index (χ0n) is 16.0. The molecule has 0 aliphatic carbocycles. The van der Waals surface area contributed by atoms with Crippen molar-refractivity contribution < 1.29 is 14.0 Å². The van der Waals surface area contributed by atoms with Crippen LogP contribution in [-0.4, -0.2) is 46.2 Å². The van der Waals surface area contributed by atoms with E-state index in [0.29, 0.717) is 39.0 Å². The van der Waals surface area contributed by atoms with Crippen LogP contribution < -0.4 is 0 Å². The molecule has 2 aromatic rings. The van der Waals surface area contributed by atoms with E-state index in [4.69, 9.17) is 0 Å². The highest BCUT2D eigenvalue weighted by Crippen LogP contribution is 2.41. The second-order valence-corrected chi connectivity index (χ2v) is 8.13. The second-order valence-electron chi connectivity index (χ2n) is 8.13. The third-order valence-corrected chi connectivity index (χ3v) is 6.12. The van der Waals surface area contributed by atoms with Crippen molar-refractivity contribution in [3.63, 3.8) is 0 Å². The molecule has 1 aromatic carbocycles. The molecule has 3 heterocycles. The van der Waals surface area contributed by atoms with Crippen molar-refractivity contribution >= 4 is 11.8 Å². The van der Waals surface area contributed by atoms with Gasteiger partial charge < -0.3 is 14.8 Å². The third-order valence-electron chi connectivity index (χ3n) is 6.12. The van der Waals surface area contributed by atoms with Crippen molar-refractivity contribution in [2.24, 2.45) is 5.41 Å². The average Bonchev–Trinajstić information content (AvgIpc) is 3.29. The Balaban J connectivity index is 1.30. The van der Waals surface area contributed by atoms with Crippen LogP contribution in [0.4, 0.5) is 4.39 Å². The molecule has 0 saturated carbocycles. The molecule has 6 heteroatoms. The molecule has 0 atom stereocenters. The molecule has 28 heavy (non-hydrogen) atoms. The Hall–Kier alpha value is -2.63. The number of hydrogen-bond acceptors (Lipinski definition) is 2. The van der Waals surface area contributed by atoms with E-state index in [2.05, 4.69) is 4.98 Å². The number of likely N-dealkylation sites (tertiary alicyclic amines) is 2. The van der Waals surface area contributed by atoms with E-state index in [0.717, 1.165) is 30.5 Å². The Morgan fingerprint density at radius 2 is 2.00 bits per heavy atom. The normalized spacial score (nSPS) is 18.8. The zero-order chi connectivity index (χ0) is 19.6. The molecule has 4 rings (SSSR count). The number of halogens is 1. The Labute approximate surface area is 164 Å². The van der Waals surface area contributed by atoms with Crippen LogP contribution in [0.1, 0.15) is 36.9 Å². The molecular weight excluding hydrogens is 357 g/mol. The molecule has 1 aromatic heterocycles. The topological polar surface area (TPSA) is 56.4 Å². The molecule has 0 radical (unpaired) electrons. The van der Waals surface area contributed by atoms with Gasteiger partial charge in [-0.05, 0) is 49.1 Å². The first-order valence-electron chi connectivity index (χ1n) is 9.95. The van der Waals surface area contributed by atoms with Gasteiger partial charge in [0.15, 0.2) is 0 Å². The van der Waals surface area contributed by atoms with Crippen molar-refractivity contribution in [2.75, 3.05) is 19.6 Å². The minimum atomic E-state index is -0.273. The van der Waals surface area contributed by atoms with Gasteiger partial charge in [0.2, 0.25) is 11.8 Å². The maximum atomic E-state index is 13.4. The van der Waals surface area contributed by atoms with Crippen LogP contribution in [0.3, 0.4) is 0 Å². The van der Waals surface area contributed by atoms with Crippen LogP contribution in [0.15, 0.2) is 42.6 Å². The average molecular weight is 383 g/mol. The highest BCUT2D eigenvalue weighted by atomic mass is 19.1. The number of H-pyrrole nitrogens is 1. The molecule has 2 aliphatic heterocycles. The maximum Gasteiger partial charge on any atom is 0.223 e. The van der Waals surface area contributed by atoms with Gasteiger partial charge in [-0.25, -0.2) is 4.39 Å². The molecule has 0 bridgehead atoms. The number of nitrogens with one attached hydrogen (secondary N) is 1. The SMILES string of the molecule is O=C(CCc1ccc[nH]1)N1CCC2(CC1)CC(=O)N(Cc1cccc(F)c1)C2. The van der Waals surface area contributed by atoms with Crippen LogP contribution in [0, 0.1) is 11.2 Å². The number of benzene rings is 1. The van der Waals surface area contributed by atoms with Crippen molar-refractivity contribution in [2.45, 2.75) is 38.6 Å². The molecule has 0 unspecified atom stereocenters. The molecule has 148 valence electrons. The summed E-state index contributed by atoms with van der Waals surface area (Å²) in [6.45, 7) is 2.58. The summed E-state index contributed by atoms with van der Waals surface area (Å²) >= 11 is 0. The van der Waals surface area contributed by atoms with Gasteiger partial charge in [0, 0.05) is 56.3 Å². The molecular formula is C22H26FN3O2. The van der Waals surface area contributed by atoms with E-state index >= 15 is 0 Å². The van der Waals surface area contributed by atoms with E-state index < -0.39 is 0 Å². The lowest BCUT2D eigenvalue weighted by molar-refractivity contribution is -0.133. The summed E-state index contributed by atoms with van der Waals surface area (Å²) in [5.74, 6) is 0.0474. The van der Waals surface area contributed by atoms with Crippen molar-refractivity contribution in [1.82, 2.24) is 14.8 Å². The van der Waals surface area contributed by atoms with Gasteiger partial charge in [0.05, 0.1) is 0 Å². The number of piperidine rings is 1. The van der Waals surface area contributed by atoms with Crippen LogP contribution in [0.2, 0.25) is 0 Å². The number of hydrogen-bond donors (Lipinski definition) is 1. The van der Waals surface area contributed by atoms with Crippen LogP contribution in [0.25, 0.3) is 0 Å². The van der Waals surface area contributed by atoms with Crippen LogP contribution in [0.5, 0.6) is 0 Å². The number of carbonyl (C=O) groups excluding carboxylic acids is 2. The van der Waals surface area contributed by atoms with Gasteiger partial charge in [-0.2, -0.15) is 0 Å². The number of aromatic nitrogens is 1. The first-order chi connectivity index (χ1) is 13.5.